The number of pyridine rings is 1. The largest absolute Gasteiger partial charge is 0.484 e. The van der Waals surface area contributed by atoms with Gasteiger partial charge in [-0.25, -0.2) is 4.98 Å². The van der Waals surface area contributed by atoms with Crippen molar-refractivity contribution in [3.05, 3.63) is 54.2 Å². The smallest absolute Gasteiger partial charge is 0.260 e. The number of aromatic nitrogens is 1. The van der Waals surface area contributed by atoms with E-state index in [2.05, 4.69) is 29.8 Å². The van der Waals surface area contributed by atoms with Gasteiger partial charge < -0.3 is 14.5 Å². The number of hydrogen-bond donors (Lipinski definition) is 0. The summed E-state index contributed by atoms with van der Waals surface area (Å²) in [4.78, 5) is 20.8. The number of benzene rings is 1. The first kappa shape index (κ1) is 17.3. The number of piperazine rings is 1. The van der Waals surface area contributed by atoms with Crippen molar-refractivity contribution in [2.75, 3.05) is 37.7 Å². The number of rotatable bonds is 5. The molecule has 132 valence electrons. The molecule has 0 N–H and O–H groups in total. The molecule has 0 aliphatic carbocycles. The first-order valence-electron chi connectivity index (χ1n) is 8.80. The number of anilines is 1. The SMILES string of the molecule is CC(C)c1cccc(OCC(=O)N2CCN(c3ccccn3)CC2)c1. The topological polar surface area (TPSA) is 45.7 Å². The van der Waals surface area contributed by atoms with Gasteiger partial charge in [0, 0.05) is 32.4 Å². The van der Waals surface area contributed by atoms with Gasteiger partial charge >= 0.3 is 0 Å². The standard InChI is InChI=1S/C20H25N3O2/c1-16(2)17-6-5-7-18(14-17)25-15-20(24)23-12-10-22(11-13-23)19-8-3-4-9-21-19/h3-9,14,16H,10-13,15H2,1-2H3. The van der Waals surface area contributed by atoms with E-state index in [1.807, 2.05) is 41.3 Å². The van der Waals surface area contributed by atoms with Crippen LogP contribution in [0.1, 0.15) is 25.3 Å². The highest BCUT2D eigenvalue weighted by Crippen LogP contribution is 2.20. The van der Waals surface area contributed by atoms with Gasteiger partial charge in [0.25, 0.3) is 5.91 Å². The molecule has 5 heteroatoms. The van der Waals surface area contributed by atoms with E-state index in [0.29, 0.717) is 19.0 Å². The molecule has 1 fully saturated rings. The van der Waals surface area contributed by atoms with Gasteiger partial charge in [-0.05, 0) is 35.7 Å². The van der Waals surface area contributed by atoms with Crippen LogP contribution in [0.15, 0.2) is 48.7 Å². The highest BCUT2D eigenvalue weighted by Gasteiger charge is 2.22. The molecule has 0 atom stereocenters. The summed E-state index contributed by atoms with van der Waals surface area (Å²) < 4.78 is 5.71. The van der Waals surface area contributed by atoms with Crippen LogP contribution in [0.4, 0.5) is 5.82 Å². The molecule has 3 rings (SSSR count). The molecule has 2 aromatic rings. The minimum Gasteiger partial charge on any atom is -0.484 e. The first-order valence-corrected chi connectivity index (χ1v) is 8.80. The molecule has 1 amide bonds. The summed E-state index contributed by atoms with van der Waals surface area (Å²) in [5, 5.41) is 0. The molecule has 1 aliphatic rings. The summed E-state index contributed by atoms with van der Waals surface area (Å²) in [6.45, 7) is 7.37. The predicted molar refractivity (Wildman–Crippen MR) is 99.1 cm³/mol. The van der Waals surface area contributed by atoms with Crippen molar-refractivity contribution in [2.24, 2.45) is 0 Å². The fourth-order valence-electron chi connectivity index (χ4n) is 2.93. The average Bonchev–Trinajstić information content (AvgIpc) is 2.67. The lowest BCUT2D eigenvalue weighted by atomic mass is 10.0. The third kappa shape index (κ3) is 4.50. The van der Waals surface area contributed by atoms with Crippen LogP contribution in [0.25, 0.3) is 0 Å². The number of nitrogens with zero attached hydrogens (tertiary/aromatic N) is 3. The molecule has 1 saturated heterocycles. The molecule has 1 aromatic heterocycles. The normalized spacial score (nSPS) is 14.7. The van der Waals surface area contributed by atoms with Crippen molar-refractivity contribution in [3.8, 4) is 5.75 Å². The second-order valence-electron chi connectivity index (χ2n) is 6.57. The van der Waals surface area contributed by atoms with E-state index in [1.165, 1.54) is 5.56 Å². The Hall–Kier alpha value is -2.56. The van der Waals surface area contributed by atoms with Gasteiger partial charge in [0.1, 0.15) is 11.6 Å². The lowest BCUT2D eigenvalue weighted by molar-refractivity contribution is -0.133. The summed E-state index contributed by atoms with van der Waals surface area (Å²) in [5.74, 6) is 2.21. The van der Waals surface area contributed by atoms with Gasteiger partial charge in [-0.1, -0.05) is 32.0 Å². The van der Waals surface area contributed by atoms with Crippen LogP contribution in [-0.4, -0.2) is 48.6 Å². The summed E-state index contributed by atoms with van der Waals surface area (Å²) >= 11 is 0. The minimum absolute atomic E-state index is 0.0376. The van der Waals surface area contributed by atoms with Gasteiger partial charge in [-0.15, -0.1) is 0 Å². The Balaban J connectivity index is 1.49. The third-order valence-electron chi connectivity index (χ3n) is 4.49. The van der Waals surface area contributed by atoms with Crippen molar-refractivity contribution in [1.29, 1.82) is 0 Å². The fraction of sp³-hybridized carbons (Fsp3) is 0.400. The average molecular weight is 339 g/mol. The maximum atomic E-state index is 12.4. The second kappa shape index (κ2) is 8.01. The zero-order chi connectivity index (χ0) is 17.6. The Morgan fingerprint density at radius 3 is 2.60 bits per heavy atom. The van der Waals surface area contributed by atoms with Crippen molar-refractivity contribution in [2.45, 2.75) is 19.8 Å². The zero-order valence-electron chi connectivity index (χ0n) is 14.9. The van der Waals surface area contributed by atoms with E-state index in [4.69, 9.17) is 4.74 Å². The number of ether oxygens (including phenoxy) is 1. The highest BCUT2D eigenvalue weighted by atomic mass is 16.5. The second-order valence-corrected chi connectivity index (χ2v) is 6.57. The van der Waals surface area contributed by atoms with Crippen molar-refractivity contribution in [3.63, 3.8) is 0 Å². The minimum atomic E-state index is 0.0376. The lowest BCUT2D eigenvalue weighted by Gasteiger charge is -2.35. The summed E-state index contributed by atoms with van der Waals surface area (Å²) in [6.07, 6.45) is 1.80. The molecule has 25 heavy (non-hydrogen) atoms. The maximum Gasteiger partial charge on any atom is 0.260 e. The molecule has 0 saturated carbocycles. The van der Waals surface area contributed by atoms with E-state index in [9.17, 15) is 4.79 Å². The summed E-state index contributed by atoms with van der Waals surface area (Å²) in [6, 6.07) is 13.9. The zero-order valence-corrected chi connectivity index (χ0v) is 14.9. The van der Waals surface area contributed by atoms with Gasteiger partial charge in [-0.2, -0.15) is 0 Å². The number of hydrogen-bond acceptors (Lipinski definition) is 4. The third-order valence-corrected chi connectivity index (χ3v) is 4.49. The van der Waals surface area contributed by atoms with E-state index in [0.717, 1.165) is 24.7 Å². The number of carbonyl (C=O) groups excluding carboxylic acids is 1. The first-order chi connectivity index (χ1) is 12.1. The Morgan fingerprint density at radius 1 is 1.12 bits per heavy atom. The van der Waals surface area contributed by atoms with Crippen molar-refractivity contribution in [1.82, 2.24) is 9.88 Å². The van der Waals surface area contributed by atoms with Crippen LogP contribution in [0.3, 0.4) is 0 Å². The summed E-state index contributed by atoms with van der Waals surface area (Å²) in [7, 11) is 0. The molecule has 0 unspecified atom stereocenters. The maximum absolute atomic E-state index is 12.4. The van der Waals surface area contributed by atoms with E-state index >= 15 is 0 Å². The van der Waals surface area contributed by atoms with Gasteiger partial charge in [0.15, 0.2) is 6.61 Å². The van der Waals surface area contributed by atoms with Crippen LogP contribution < -0.4 is 9.64 Å². The molecule has 2 heterocycles. The van der Waals surface area contributed by atoms with Crippen molar-refractivity contribution >= 4 is 11.7 Å². The number of carbonyl (C=O) groups is 1. The Morgan fingerprint density at radius 2 is 1.92 bits per heavy atom. The molecule has 0 bridgehead atoms. The van der Waals surface area contributed by atoms with Crippen LogP contribution in [-0.2, 0) is 4.79 Å². The van der Waals surface area contributed by atoms with Gasteiger partial charge in [0.2, 0.25) is 0 Å². The quantitative estimate of drug-likeness (QED) is 0.840. The Bertz CT molecular complexity index is 695. The van der Waals surface area contributed by atoms with Crippen molar-refractivity contribution < 1.29 is 9.53 Å². The molecular weight excluding hydrogens is 314 g/mol. The predicted octanol–water partition coefficient (Wildman–Crippen LogP) is 2.93. The molecule has 0 radical (unpaired) electrons. The van der Waals surface area contributed by atoms with Crippen LogP contribution >= 0.6 is 0 Å². The molecule has 1 aliphatic heterocycles. The molecule has 1 aromatic carbocycles. The van der Waals surface area contributed by atoms with E-state index < -0.39 is 0 Å². The molecule has 5 nitrogen and oxygen atoms in total. The monoisotopic (exact) mass is 339 g/mol. The fourth-order valence-corrected chi connectivity index (χ4v) is 2.93. The molecular formula is C20H25N3O2. The highest BCUT2D eigenvalue weighted by molar-refractivity contribution is 5.78. The Kier molecular flexibility index (Phi) is 5.53. The van der Waals surface area contributed by atoms with Crippen LogP contribution in [0.5, 0.6) is 5.75 Å². The summed E-state index contributed by atoms with van der Waals surface area (Å²) in [5.41, 5.74) is 1.22. The lowest BCUT2D eigenvalue weighted by Crippen LogP contribution is -2.50. The number of amides is 1. The molecule has 0 spiro atoms. The van der Waals surface area contributed by atoms with Crippen LogP contribution in [0.2, 0.25) is 0 Å². The van der Waals surface area contributed by atoms with E-state index in [-0.39, 0.29) is 12.5 Å². The van der Waals surface area contributed by atoms with Gasteiger partial charge in [0.05, 0.1) is 0 Å². The Labute approximate surface area is 149 Å². The van der Waals surface area contributed by atoms with Gasteiger partial charge in [-0.3, -0.25) is 4.79 Å². The van der Waals surface area contributed by atoms with E-state index in [1.54, 1.807) is 6.20 Å². The van der Waals surface area contributed by atoms with Crippen LogP contribution in [0, 0.1) is 0 Å².